The molecule has 1 amide bonds. The molecule has 0 radical (unpaired) electrons. The lowest BCUT2D eigenvalue weighted by Gasteiger charge is -2.36. The monoisotopic (exact) mass is 407 g/mol. The minimum absolute atomic E-state index is 0.0491. The van der Waals surface area contributed by atoms with Crippen molar-refractivity contribution < 1.29 is 14.3 Å². The summed E-state index contributed by atoms with van der Waals surface area (Å²) in [6.07, 6.45) is 2.80. The number of hydrogen-bond acceptors (Lipinski definition) is 5. The number of fused-ring (bicyclic) bond motifs is 2. The lowest BCUT2D eigenvalue weighted by Crippen LogP contribution is -2.36. The summed E-state index contributed by atoms with van der Waals surface area (Å²) < 4.78 is 7.24. The first-order valence-electron chi connectivity index (χ1n) is 10.4. The molecule has 1 aromatic carbocycles. The van der Waals surface area contributed by atoms with Crippen molar-refractivity contribution in [3.63, 3.8) is 0 Å². The van der Waals surface area contributed by atoms with Crippen molar-refractivity contribution in [2.24, 2.45) is 11.8 Å². The van der Waals surface area contributed by atoms with Crippen LogP contribution in [0.4, 0.5) is 0 Å². The number of amides is 1. The molecule has 1 aliphatic carbocycles. The molecule has 3 aromatic rings. The van der Waals surface area contributed by atoms with Crippen molar-refractivity contribution in [1.29, 1.82) is 0 Å². The summed E-state index contributed by atoms with van der Waals surface area (Å²) >= 11 is 0. The number of nitrogens with zero attached hydrogens (tertiary/aromatic N) is 3. The fourth-order valence-corrected chi connectivity index (χ4v) is 5.35. The van der Waals surface area contributed by atoms with Crippen molar-refractivity contribution in [2.75, 3.05) is 13.1 Å². The molecule has 1 saturated carbocycles. The van der Waals surface area contributed by atoms with Crippen molar-refractivity contribution in [3.8, 4) is 0 Å². The second-order valence-electron chi connectivity index (χ2n) is 8.66. The van der Waals surface area contributed by atoms with Gasteiger partial charge in [-0.15, -0.1) is 0 Å². The second kappa shape index (κ2) is 7.09. The van der Waals surface area contributed by atoms with Gasteiger partial charge in [0.25, 0.3) is 5.91 Å². The largest absolute Gasteiger partial charge is 0.427 e. The lowest BCUT2D eigenvalue weighted by atomic mass is 9.77. The molecule has 0 bridgehead atoms. The second-order valence-corrected chi connectivity index (χ2v) is 8.66. The Morgan fingerprint density at radius 1 is 1.17 bits per heavy atom. The first-order chi connectivity index (χ1) is 14.4. The Bertz CT molecular complexity index is 1150. The molecule has 156 valence electrons. The average molecular weight is 407 g/mol. The number of aryl methyl sites for hydroxylation is 2. The summed E-state index contributed by atoms with van der Waals surface area (Å²) in [5.41, 5.74) is 2.63. The highest BCUT2D eigenvalue weighted by molar-refractivity contribution is 5.96. The van der Waals surface area contributed by atoms with Gasteiger partial charge in [-0.3, -0.25) is 4.79 Å². The Morgan fingerprint density at radius 3 is 2.67 bits per heavy atom. The van der Waals surface area contributed by atoms with Crippen molar-refractivity contribution in [2.45, 2.75) is 38.8 Å². The molecule has 2 aliphatic rings. The van der Waals surface area contributed by atoms with Gasteiger partial charge in [0.05, 0.1) is 35.1 Å². The first kappa shape index (κ1) is 19.1. The van der Waals surface area contributed by atoms with Crippen LogP contribution in [0.3, 0.4) is 0 Å². The Morgan fingerprint density at radius 2 is 1.90 bits per heavy atom. The number of aliphatic hydroxyl groups is 1. The van der Waals surface area contributed by atoms with E-state index in [9.17, 15) is 14.7 Å². The van der Waals surface area contributed by atoms with Gasteiger partial charge in [-0.25, -0.2) is 9.78 Å². The predicted molar refractivity (Wildman–Crippen MR) is 111 cm³/mol. The summed E-state index contributed by atoms with van der Waals surface area (Å²) in [4.78, 5) is 31.1. The van der Waals surface area contributed by atoms with Crippen LogP contribution in [-0.4, -0.2) is 44.7 Å². The average Bonchev–Trinajstić information content (AvgIpc) is 3.30. The fourth-order valence-electron chi connectivity index (χ4n) is 5.35. The topological polar surface area (TPSA) is 88.6 Å². The van der Waals surface area contributed by atoms with E-state index in [1.807, 2.05) is 35.5 Å². The molecule has 1 saturated heterocycles. The number of aliphatic hydroxyl groups excluding tert-OH is 1. The zero-order valence-corrected chi connectivity index (χ0v) is 17.1. The molecule has 1 aliphatic heterocycles. The molecule has 1 N–H and O–H groups in total. The minimum Gasteiger partial charge on any atom is -0.427 e. The molecule has 7 heteroatoms. The fraction of sp³-hybridized carbons (Fsp3) is 0.435. The third-order valence-corrected chi connectivity index (χ3v) is 6.78. The first-order valence-corrected chi connectivity index (χ1v) is 10.4. The summed E-state index contributed by atoms with van der Waals surface area (Å²) in [5.74, 6) is 0.858. The summed E-state index contributed by atoms with van der Waals surface area (Å²) in [7, 11) is 0. The van der Waals surface area contributed by atoms with E-state index in [-0.39, 0.29) is 17.9 Å². The Kier molecular flexibility index (Phi) is 4.50. The van der Waals surface area contributed by atoms with Crippen LogP contribution in [0.1, 0.15) is 40.6 Å². The number of carbonyl (C=O) groups is 1. The molecule has 2 aromatic heterocycles. The lowest BCUT2D eigenvalue weighted by molar-refractivity contribution is 0.0374. The summed E-state index contributed by atoms with van der Waals surface area (Å²) in [6.45, 7) is 4.70. The summed E-state index contributed by atoms with van der Waals surface area (Å²) in [6, 6.07) is 9.27. The maximum absolute atomic E-state index is 13.2. The van der Waals surface area contributed by atoms with Crippen LogP contribution in [0, 0.1) is 25.7 Å². The minimum atomic E-state index is -0.475. The van der Waals surface area contributed by atoms with Crippen LogP contribution in [0.5, 0.6) is 0 Å². The van der Waals surface area contributed by atoms with Gasteiger partial charge in [-0.05, 0) is 56.2 Å². The van der Waals surface area contributed by atoms with Crippen molar-refractivity contribution in [1.82, 2.24) is 14.5 Å². The highest BCUT2D eigenvalue weighted by Crippen LogP contribution is 2.42. The van der Waals surface area contributed by atoms with Crippen LogP contribution in [0.25, 0.3) is 11.0 Å². The Labute approximate surface area is 173 Å². The van der Waals surface area contributed by atoms with E-state index in [2.05, 4.69) is 9.55 Å². The van der Waals surface area contributed by atoms with Gasteiger partial charge in [-0.1, -0.05) is 12.1 Å². The number of benzene rings is 1. The van der Waals surface area contributed by atoms with E-state index in [1.165, 1.54) is 6.07 Å². The van der Waals surface area contributed by atoms with Gasteiger partial charge < -0.3 is 19.0 Å². The molecule has 4 atom stereocenters. The van der Waals surface area contributed by atoms with Gasteiger partial charge in [0.15, 0.2) is 0 Å². The number of carbonyl (C=O) groups excluding carboxylic acids is 1. The number of rotatable bonds is 2. The molecule has 3 heterocycles. The molecule has 0 unspecified atom stereocenters. The van der Waals surface area contributed by atoms with E-state index in [0.717, 1.165) is 17.5 Å². The van der Waals surface area contributed by atoms with Crippen molar-refractivity contribution in [3.05, 3.63) is 64.0 Å². The number of hydrogen-bond donors (Lipinski definition) is 1. The third kappa shape index (κ3) is 3.04. The number of imidazole rings is 1. The highest BCUT2D eigenvalue weighted by atomic mass is 16.4. The van der Waals surface area contributed by atoms with Gasteiger partial charge in [0, 0.05) is 19.2 Å². The third-order valence-electron chi connectivity index (χ3n) is 6.78. The number of para-hydroxylation sites is 2. The summed E-state index contributed by atoms with van der Waals surface area (Å²) in [5, 5.41) is 10.9. The van der Waals surface area contributed by atoms with Crippen LogP contribution in [0.15, 0.2) is 45.9 Å². The van der Waals surface area contributed by atoms with Crippen molar-refractivity contribution >= 4 is 16.9 Å². The van der Waals surface area contributed by atoms with Gasteiger partial charge >= 0.3 is 5.63 Å². The van der Waals surface area contributed by atoms with E-state index in [1.54, 1.807) is 13.8 Å². The Hall–Kier alpha value is -2.93. The van der Waals surface area contributed by atoms with Crippen LogP contribution >= 0.6 is 0 Å². The van der Waals surface area contributed by atoms with E-state index < -0.39 is 11.7 Å². The molecular weight excluding hydrogens is 382 g/mol. The van der Waals surface area contributed by atoms with Gasteiger partial charge in [-0.2, -0.15) is 0 Å². The zero-order chi connectivity index (χ0) is 21.0. The Balaban J connectivity index is 1.39. The molecular formula is C23H25N3O4. The molecule has 7 nitrogen and oxygen atoms in total. The smallest absolute Gasteiger partial charge is 0.336 e. The number of aromatic nitrogens is 2. The van der Waals surface area contributed by atoms with Gasteiger partial charge in [0.2, 0.25) is 0 Å². The standard InChI is InChI=1S/C23H25N3O4/c1-13-7-21(28)30-14(2)22(13)23(29)25-10-15-8-19(20(27)9-16(15)11-25)26-12-24-17-5-3-4-6-18(17)26/h3-7,12,15-16,19-20,27H,8-11H2,1-2H3/t15-,16+,19-,20-/m1/s1. The SMILES string of the molecule is Cc1cc(=O)oc(C)c1C(=O)N1C[C@H]2C[C@@H](n3cnc4ccccc43)[C@H](O)C[C@H]2C1. The van der Waals surface area contributed by atoms with Crippen LogP contribution in [-0.2, 0) is 0 Å². The molecule has 5 rings (SSSR count). The maximum atomic E-state index is 13.2. The van der Waals surface area contributed by atoms with E-state index >= 15 is 0 Å². The van der Waals surface area contributed by atoms with Gasteiger partial charge in [0.1, 0.15) is 5.76 Å². The predicted octanol–water partition coefficient (Wildman–Crippen LogP) is 2.69. The normalized spacial score (nSPS) is 26.2. The van der Waals surface area contributed by atoms with Crippen LogP contribution < -0.4 is 5.63 Å². The zero-order valence-electron chi connectivity index (χ0n) is 17.1. The van der Waals surface area contributed by atoms with E-state index in [0.29, 0.717) is 42.3 Å². The molecule has 2 fully saturated rings. The number of likely N-dealkylation sites (tertiary alicyclic amines) is 1. The quantitative estimate of drug-likeness (QED) is 0.706. The highest BCUT2D eigenvalue weighted by Gasteiger charge is 2.44. The molecule has 0 spiro atoms. The maximum Gasteiger partial charge on any atom is 0.336 e. The van der Waals surface area contributed by atoms with Crippen LogP contribution in [0.2, 0.25) is 0 Å². The molecule has 30 heavy (non-hydrogen) atoms. The van der Waals surface area contributed by atoms with E-state index in [4.69, 9.17) is 4.42 Å².